The molecule has 0 aliphatic rings. The number of ether oxygens (including phenoxy) is 2. The first-order valence-corrected chi connectivity index (χ1v) is 9.40. The Hall–Kier alpha value is -2.04. The maximum atomic E-state index is 14.7. The summed E-state index contributed by atoms with van der Waals surface area (Å²) in [5, 5.41) is 4.09. The van der Waals surface area contributed by atoms with Crippen molar-refractivity contribution in [2.24, 2.45) is 7.05 Å². The van der Waals surface area contributed by atoms with Crippen LogP contribution in [-0.4, -0.2) is 34.0 Å². The number of benzene rings is 1. The number of fused-ring (bicyclic) bond motifs is 1. The first-order valence-electron chi connectivity index (χ1n) is 7.83. The number of hydrogen-bond acceptors (Lipinski definition) is 6. The molecule has 3 aromatic rings. The molecule has 0 spiro atoms. The fraction of sp³-hybridized carbons (Fsp3) is 0.312. The minimum Gasteiger partial charge on any atom is -0.466 e. The van der Waals surface area contributed by atoms with Gasteiger partial charge in [-0.1, -0.05) is 23.2 Å². The number of aromatic nitrogens is 3. The third-order valence-electron chi connectivity index (χ3n) is 3.60. The zero-order valence-electron chi connectivity index (χ0n) is 14.4. The number of hydrogen-bond donors (Lipinski definition) is 0. The normalized spacial score (nSPS) is 11.4. The van der Waals surface area contributed by atoms with E-state index < -0.39 is 24.3 Å². The highest BCUT2D eigenvalue weighted by molar-refractivity contribution is 7.19. The summed E-state index contributed by atoms with van der Waals surface area (Å²) in [5.74, 6) is -1.68. The molecule has 0 radical (unpaired) electrons. The molecule has 0 saturated heterocycles. The van der Waals surface area contributed by atoms with Gasteiger partial charge in [0.25, 0.3) is 0 Å². The lowest BCUT2D eigenvalue weighted by molar-refractivity contribution is -0.142. The molecule has 150 valence electrons. The van der Waals surface area contributed by atoms with E-state index in [1.54, 1.807) is 6.92 Å². The standard InChI is InChI=1S/C16H12Cl2F3N3O3S/c1-3-26-9(25)5-8-22-12-6(17)4-7(19)10(14(12)28-8)13-11(18)15(24(2)23-13)27-16(20)21/h4,16H,3,5H2,1-2H3. The van der Waals surface area contributed by atoms with Gasteiger partial charge in [-0.15, -0.1) is 11.3 Å². The maximum Gasteiger partial charge on any atom is 0.388 e. The highest BCUT2D eigenvalue weighted by Gasteiger charge is 2.26. The van der Waals surface area contributed by atoms with E-state index in [1.807, 2.05) is 0 Å². The average molecular weight is 454 g/mol. The second-order valence-electron chi connectivity index (χ2n) is 5.45. The molecule has 3 rings (SSSR count). The predicted octanol–water partition coefficient (Wildman–Crippen LogP) is 4.85. The molecule has 0 fully saturated rings. The van der Waals surface area contributed by atoms with Gasteiger partial charge in [0.15, 0.2) is 0 Å². The van der Waals surface area contributed by atoms with E-state index in [-0.39, 0.29) is 44.5 Å². The second kappa shape index (κ2) is 8.14. The molecule has 0 aliphatic heterocycles. The number of thiazole rings is 1. The van der Waals surface area contributed by atoms with Crippen LogP contribution in [0.4, 0.5) is 13.2 Å². The van der Waals surface area contributed by atoms with Crippen LogP contribution in [0.5, 0.6) is 5.88 Å². The average Bonchev–Trinajstić information content (AvgIpc) is 3.12. The van der Waals surface area contributed by atoms with Crippen LogP contribution in [0.25, 0.3) is 21.5 Å². The van der Waals surface area contributed by atoms with Gasteiger partial charge in [0.2, 0.25) is 5.88 Å². The van der Waals surface area contributed by atoms with Crippen molar-refractivity contribution in [2.75, 3.05) is 6.61 Å². The lowest BCUT2D eigenvalue weighted by Crippen LogP contribution is -2.06. The third kappa shape index (κ3) is 3.89. The van der Waals surface area contributed by atoms with Crippen molar-refractivity contribution in [1.82, 2.24) is 14.8 Å². The van der Waals surface area contributed by atoms with E-state index in [1.165, 1.54) is 7.05 Å². The monoisotopic (exact) mass is 453 g/mol. The lowest BCUT2D eigenvalue weighted by Gasteiger charge is -2.04. The van der Waals surface area contributed by atoms with Gasteiger partial charge in [-0.2, -0.15) is 13.9 Å². The van der Waals surface area contributed by atoms with Gasteiger partial charge in [0.05, 0.1) is 28.3 Å². The Kier molecular flexibility index (Phi) is 6.01. The summed E-state index contributed by atoms with van der Waals surface area (Å²) < 4.78 is 50.4. The van der Waals surface area contributed by atoms with Crippen molar-refractivity contribution in [3.8, 4) is 17.1 Å². The van der Waals surface area contributed by atoms with E-state index >= 15 is 0 Å². The van der Waals surface area contributed by atoms with E-state index in [9.17, 15) is 18.0 Å². The van der Waals surface area contributed by atoms with Crippen LogP contribution >= 0.6 is 34.5 Å². The van der Waals surface area contributed by atoms with Gasteiger partial charge >= 0.3 is 12.6 Å². The van der Waals surface area contributed by atoms with Crippen LogP contribution in [0.1, 0.15) is 11.9 Å². The summed E-state index contributed by atoms with van der Waals surface area (Å²) in [4.78, 5) is 16.0. The van der Waals surface area contributed by atoms with Crippen LogP contribution in [0, 0.1) is 5.82 Å². The molecule has 0 saturated carbocycles. The van der Waals surface area contributed by atoms with Gasteiger partial charge in [-0.25, -0.2) is 14.1 Å². The molecule has 0 atom stereocenters. The summed E-state index contributed by atoms with van der Waals surface area (Å²) in [6.45, 7) is -1.25. The highest BCUT2D eigenvalue weighted by atomic mass is 35.5. The second-order valence-corrected chi connectivity index (χ2v) is 7.32. The minimum absolute atomic E-state index is 0.0266. The van der Waals surface area contributed by atoms with Crippen LogP contribution in [0.15, 0.2) is 6.07 Å². The Balaban J connectivity index is 2.16. The van der Waals surface area contributed by atoms with Crippen LogP contribution in [0.3, 0.4) is 0 Å². The number of rotatable bonds is 6. The van der Waals surface area contributed by atoms with Crippen molar-refractivity contribution in [3.63, 3.8) is 0 Å². The number of esters is 1. The van der Waals surface area contributed by atoms with Gasteiger partial charge in [-0.3, -0.25) is 4.79 Å². The van der Waals surface area contributed by atoms with E-state index in [0.717, 1.165) is 22.1 Å². The Bertz CT molecular complexity index is 1060. The number of carbonyl (C=O) groups excluding carboxylic acids is 1. The van der Waals surface area contributed by atoms with Crippen molar-refractivity contribution in [3.05, 3.63) is 26.9 Å². The molecule has 12 heteroatoms. The number of nitrogens with zero attached hydrogens (tertiary/aromatic N) is 3. The lowest BCUT2D eigenvalue weighted by atomic mass is 10.1. The summed E-state index contributed by atoms with van der Waals surface area (Å²) in [7, 11) is 1.33. The van der Waals surface area contributed by atoms with Crippen molar-refractivity contribution in [1.29, 1.82) is 0 Å². The number of halogens is 5. The Labute approximate surface area is 170 Å². The van der Waals surface area contributed by atoms with Crippen LogP contribution in [0.2, 0.25) is 10.0 Å². The minimum atomic E-state index is -3.13. The molecular weight excluding hydrogens is 442 g/mol. The summed E-state index contributed by atoms with van der Waals surface area (Å²) >= 11 is 13.2. The maximum absolute atomic E-state index is 14.7. The first kappa shape index (κ1) is 20.7. The molecule has 6 nitrogen and oxygen atoms in total. The summed E-state index contributed by atoms with van der Waals surface area (Å²) in [5.41, 5.74) is 0.0578. The Morgan fingerprint density at radius 2 is 2.11 bits per heavy atom. The number of aryl methyl sites for hydroxylation is 1. The summed E-state index contributed by atoms with van der Waals surface area (Å²) in [6, 6.07) is 1.02. The zero-order valence-corrected chi connectivity index (χ0v) is 16.8. The van der Waals surface area contributed by atoms with Crippen LogP contribution < -0.4 is 4.74 Å². The fourth-order valence-corrected chi connectivity index (χ4v) is 4.24. The SMILES string of the molecule is CCOC(=O)Cc1nc2c(Cl)cc(F)c(-c3nn(C)c(OC(F)F)c3Cl)c2s1. The molecule has 28 heavy (non-hydrogen) atoms. The molecule has 0 amide bonds. The molecule has 1 aromatic carbocycles. The zero-order chi connectivity index (χ0) is 20.6. The van der Waals surface area contributed by atoms with Gasteiger partial charge < -0.3 is 9.47 Å². The van der Waals surface area contributed by atoms with Gasteiger partial charge in [0.1, 0.15) is 27.1 Å². The van der Waals surface area contributed by atoms with Gasteiger partial charge in [-0.05, 0) is 13.0 Å². The van der Waals surface area contributed by atoms with E-state index in [4.69, 9.17) is 27.9 Å². The molecule has 2 aromatic heterocycles. The Morgan fingerprint density at radius 1 is 1.39 bits per heavy atom. The molecule has 2 heterocycles. The van der Waals surface area contributed by atoms with Crippen molar-refractivity contribution < 1.29 is 27.4 Å². The summed E-state index contributed by atoms with van der Waals surface area (Å²) in [6.07, 6.45) is -0.125. The molecule has 0 bridgehead atoms. The number of alkyl halides is 2. The topological polar surface area (TPSA) is 66.2 Å². The van der Waals surface area contributed by atoms with Crippen LogP contribution in [-0.2, 0) is 23.0 Å². The van der Waals surface area contributed by atoms with E-state index in [2.05, 4.69) is 14.8 Å². The molecule has 0 N–H and O–H groups in total. The highest BCUT2D eigenvalue weighted by Crippen LogP contribution is 2.43. The first-order chi connectivity index (χ1) is 13.2. The Morgan fingerprint density at radius 3 is 2.75 bits per heavy atom. The molecule has 0 unspecified atom stereocenters. The number of carbonyl (C=O) groups is 1. The van der Waals surface area contributed by atoms with E-state index in [0.29, 0.717) is 5.01 Å². The largest absolute Gasteiger partial charge is 0.466 e. The fourth-order valence-electron chi connectivity index (χ4n) is 2.54. The van der Waals surface area contributed by atoms with Gasteiger partial charge in [0, 0.05) is 7.05 Å². The van der Waals surface area contributed by atoms with Crippen molar-refractivity contribution >= 4 is 50.7 Å². The molecular formula is C16H12Cl2F3N3O3S. The quantitative estimate of drug-likeness (QED) is 0.499. The smallest absolute Gasteiger partial charge is 0.388 e. The third-order valence-corrected chi connectivity index (χ3v) is 5.30. The predicted molar refractivity (Wildman–Crippen MR) is 98.8 cm³/mol. The molecule has 0 aliphatic carbocycles. The van der Waals surface area contributed by atoms with Crippen molar-refractivity contribution in [2.45, 2.75) is 20.0 Å².